The lowest BCUT2D eigenvalue weighted by Crippen LogP contribution is -2.27. The van der Waals surface area contributed by atoms with Gasteiger partial charge in [-0.25, -0.2) is 5.48 Å². The van der Waals surface area contributed by atoms with Crippen LogP contribution in [0, 0.1) is 19.3 Å². The third kappa shape index (κ3) is 6.14. The highest BCUT2D eigenvalue weighted by Crippen LogP contribution is 2.41. The predicted molar refractivity (Wildman–Crippen MR) is 152 cm³/mol. The van der Waals surface area contributed by atoms with Gasteiger partial charge >= 0.3 is 0 Å². The smallest absolute Gasteiger partial charge is 0.274 e. The number of aliphatic hydroxyl groups is 1. The van der Waals surface area contributed by atoms with Crippen LogP contribution in [0.1, 0.15) is 92.1 Å². The molecule has 0 saturated carbocycles. The second-order valence-corrected chi connectivity index (χ2v) is 11.4. The Morgan fingerprint density at radius 1 is 0.865 bits per heavy atom. The van der Waals surface area contributed by atoms with Crippen LogP contribution in [-0.4, -0.2) is 22.3 Å². The Morgan fingerprint density at radius 2 is 1.43 bits per heavy atom. The zero-order valence-corrected chi connectivity index (χ0v) is 23.5. The quantitative estimate of drug-likeness (QED) is 0.210. The Hall–Kier alpha value is -2.95. The molecule has 0 radical (unpaired) electrons. The minimum atomic E-state index is -0.513. The maximum absolute atomic E-state index is 11.7. The summed E-state index contributed by atoms with van der Waals surface area (Å²) in [7, 11) is 0. The van der Waals surface area contributed by atoms with Gasteiger partial charge in [-0.2, -0.15) is 0 Å². The van der Waals surface area contributed by atoms with Gasteiger partial charge in [-0.3, -0.25) is 10.0 Å². The highest BCUT2D eigenvalue weighted by Gasteiger charge is 2.31. The Balaban J connectivity index is 1.92. The molecule has 198 valence electrons. The topological polar surface area (TPSA) is 69.6 Å². The van der Waals surface area contributed by atoms with Crippen molar-refractivity contribution in [1.29, 1.82) is 0 Å². The van der Waals surface area contributed by atoms with Gasteiger partial charge in [-0.05, 0) is 96.0 Å². The maximum Gasteiger partial charge on any atom is 0.274 e. The van der Waals surface area contributed by atoms with E-state index in [0.29, 0.717) is 5.56 Å². The first kappa shape index (κ1) is 28.6. The fourth-order valence-electron chi connectivity index (χ4n) is 5.38. The number of hydrogen-bond acceptors (Lipinski definition) is 3. The van der Waals surface area contributed by atoms with Crippen molar-refractivity contribution in [2.75, 3.05) is 0 Å². The third-order valence-electron chi connectivity index (χ3n) is 8.13. The minimum absolute atomic E-state index is 0.0828. The summed E-state index contributed by atoms with van der Waals surface area (Å²) in [5.74, 6) is -0.513. The van der Waals surface area contributed by atoms with Gasteiger partial charge in [0.2, 0.25) is 0 Å². The Morgan fingerprint density at radius 3 is 1.92 bits per heavy atom. The number of benzene rings is 3. The molecule has 0 aliphatic rings. The van der Waals surface area contributed by atoms with Crippen molar-refractivity contribution in [3.05, 3.63) is 94.0 Å². The van der Waals surface area contributed by atoms with Crippen LogP contribution in [0.5, 0.6) is 0 Å². The number of carbonyl (C=O) groups excluding carboxylic acids is 1. The van der Waals surface area contributed by atoms with Gasteiger partial charge in [-0.1, -0.05) is 83.1 Å². The lowest BCUT2D eigenvalue weighted by Gasteiger charge is -2.34. The summed E-state index contributed by atoms with van der Waals surface area (Å²) >= 11 is 0. The van der Waals surface area contributed by atoms with Crippen LogP contribution in [0.25, 0.3) is 11.1 Å². The van der Waals surface area contributed by atoms with E-state index < -0.39 is 5.91 Å². The summed E-state index contributed by atoms with van der Waals surface area (Å²) in [5, 5.41) is 19.4. The monoisotopic (exact) mass is 501 g/mol. The van der Waals surface area contributed by atoms with Crippen molar-refractivity contribution in [3.63, 3.8) is 0 Å². The van der Waals surface area contributed by atoms with Gasteiger partial charge in [0.1, 0.15) is 0 Å². The molecule has 4 nitrogen and oxygen atoms in total. The van der Waals surface area contributed by atoms with Crippen molar-refractivity contribution in [1.82, 2.24) is 5.48 Å². The van der Waals surface area contributed by atoms with Crippen molar-refractivity contribution < 1.29 is 15.1 Å². The molecule has 0 heterocycles. The fourth-order valence-corrected chi connectivity index (χ4v) is 5.38. The molecule has 0 spiro atoms. The summed E-state index contributed by atoms with van der Waals surface area (Å²) in [6.45, 7) is 15.1. The van der Waals surface area contributed by atoms with E-state index in [1.54, 1.807) is 17.6 Å². The van der Waals surface area contributed by atoms with Gasteiger partial charge in [0, 0.05) is 11.0 Å². The van der Waals surface area contributed by atoms with Gasteiger partial charge in [0.25, 0.3) is 5.91 Å². The molecular formula is C33H43NO3. The molecular weight excluding hydrogens is 458 g/mol. The van der Waals surface area contributed by atoms with Crippen LogP contribution in [0.3, 0.4) is 0 Å². The number of nitrogens with one attached hydrogen (secondary N) is 1. The Bertz CT molecular complexity index is 1220. The summed E-state index contributed by atoms with van der Waals surface area (Å²) in [5.41, 5.74) is 10.5. The third-order valence-corrected chi connectivity index (χ3v) is 8.13. The highest BCUT2D eigenvalue weighted by atomic mass is 16.5. The molecule has 3 N–H and O–H groups in total. The molecule has 0 saturated heterocycles. The minimum Gasteiger partial charge on any atom is -0.393 e. The molecule has 0 fully saturated rings. The van der Waals surface area contributed by atoms with E-state index in [1.165, 1.54) is 27.8 Å². The van der Waals surface area contributed by atoms with Crippen molar-refractivity contribution >= 4 is 5.91 Å². The summed E-state index contributed by atoms with van der Waals surface area (Å²) in [6, 6.07) is 20.9. The first-order valence-electron chi connectivity index (χ1n) is 13.4. The molecule has 1 unspecified atom stereocenters. The van der Waals surface area contributed by atoms with Crippen LogP contribution in [-0.2, 0) is 11.8 Å². The number of rotatable bonds is 9. The molecule has 0 aliphatic carbocycles. The zero-order valence-electron chi connectivity index (χ0n) is 23.5. The summed E-state index contributed by atoms with van der Waals surface area (Å²) < 4.78 is 0. The summed E-state index contributed by atoms with van der Waals surface area (Å²) in [4.78, 5) is 11.7. The molecule has 4 heteroatoms. The summed E-state index contributed by atoms with van der Waals surface area (Å²) in [6.07, 6.45) is 3.32. The normalized spacial score (nSPS) is 12.9. The molecule has 0 aliphatic heterocycles. The van der Waals surface area contributed by atoms with E-state index in [4.69, 9.17) is 5.21 Å². The SMILES string of the molecule is CCC(CC)(c1ccc(CCC(O)C(C)(C)C)c(C)c1)c1ccc(-c2ccc(C(=O)NO)cc2)c(C)c1. The number of carbonyl (C=O) groups is 1. The van der Waals surface area contributed by atoms with Gasteiger partial charge in [-0.15, -0.1) is 0 Å². The van der Waals surface area contributed by atoms with E-state index >= 15 is 0 Å². The van der Waals surface area contributed by atoms with E-state index in [-0.39, 0.29) is 16.9 Å². The number of hydroxylamine groups is 1. The zero-order chi connectivity index (χ0) is 27.4. The molecule has 3 aromatic rings. The average molecular weight is 502 g/mol. The second kappa shape index (κ2) is 11.6. The molecule has 3 rings (SSSR count). The van der Waals surface area contributed by atoms with Crippen LogP contribution >= 0.6 is 0 Å². The first-order chi connectivity index (χ1) is 17.5. The Kier molecular flexibility index (Phi) is 8.99. The standard InChI is InChI=1S/C33H43NO3/c1-8-33(9-2,27-16-14-24(22(3)20-27)15-19-30(35)32(5,6)7)28-17-18-29(23(4)21-28)25-10-12-26(13-11-25)31(36)34-37/h10-14,16-18,20-21,30,35,37H,8-9,15,19H2,1-7H3,(H,34,36). The van der Waals surface area contributed by atoms with E-state index in [1.807, 2.05) is 12.1 Å². The lowest BCUT2D eigenvalue weighted by molar-refractivity contribution is 0.0559. The van der Waals surface area contributed by atoms with Crippen molar-refractivity contribution in [2.24, 2.45) is 5.41 Å². The fraction of sp³-hybridized carbons (Fsp3) is 0.424. The van der Waals surface area contributed by atoms with E-state index in [9.17, 15) is 9.90 Å². The van der Waals surface area contributed by atoms with Crippen molar-refractivity contribution in [2.45, 2.75) is 85.7 Å². The van der Waals surface area contributed by atoms with Gasteiger partial charge in [0.15, 0.2) is 0 Å². The number of aryl methyl sites for hydroxylation is 3. The van der Waals surface area contributed by atoms with E-state index in [0.717, 1.165) is 36.8 Å². The van der Waals surface area contributed by atoms with Crippen LogP contribution in [0.15, 0.2) is 60.7 Å². The number of aliphatic hydroxyl groups excluding tert-OH is 1. The molecule has 0 bridgehead atoms. The Labute approximate surface area is 222 Å². The van der Waals surface area contributed by atoms with Crippen LogP contribution < -0.4 is 5.48 Å². The van der Waals surface area contributed by atoms with Crippen LogP contribution in [0.4, 0.5) is 0 Å². The maximum atomic E-state index is 11.7. The van der Waals surface area contributed by atoms with Gasteiger partial charge in [0.05, 0.1) is 6.10 Å². The largest absolute Gasteiger partial charge is 0.393 e. The first-order valence-corrected chi connectivity index (χ1v) is 13.4. The number of amides is 1. The number of hydrogen-bond donors (Lipinski definition) is 3. The van der Waals surface area contributed by atoms with E-state index in [2.05, 4.69) is 84.9 Å². The molecule has 3 aromatic carbocycles. The lowest BCUT2D eigenvalue weighted by atomic mass is 9.69. The van der Waals surface area contributed by atoms with Crippen LogP contribution in [0.2, 0.25) is 0 Å². The predicted octanol–water partition coefficient (Wildman–Crippen LogP) is 7.54. The molecule has 1 amide bonds. The highest BCUT2D eigenvalue weighted by molar-refractivity contribution is 5.93. The average Bonchev–Trinajstić information content (AvgIpc) is 2.88. The molecule has 1 atom stereocenters. The molecule has 37 heavy (non-hydrogen) atoms. The second-order valence-electron chi connectivity index (χ2n) is 11.4. The van der Waals surface area contributed by atoms with Crippen molar-refractivity contribution in [3.8, 4) is 11.1 Å². The van der Waals surface area contributed by atoms with Gasteiger partial charge < -0.3 is 5.11 Å². The molecule has 0 aromatic heterocycles.